The summed E-state index contributed by atoms with van der Waals surface area (Å²) in [6, 6.07) is 4.46. The highest BCUT2D eigenvalue weighted by Crippen LogP contribution is 2.34. The Bertz CT molecular complexity index is 587. The first kappa shape index (κ1) is 13.5. The SMILES string of the molecule is N#CC(c1ccco1)N1C(Cl)=CC(C(=O)O)=CC1Cl. The molecular formula is C12H8Cl2N2O3. The largest absolute Gasteiger partial charge is 0.478 e. The maximum Gasteiger partial charge on any atom is 0.335 e. The minimum atomic E-state index is -1.13. The summed E-state index contributed by atoms with van der Waals surface area (Å²) in [7, 11) is 0. The van der Waals surface area contributed by atoms with Crippen LogP contribution in [0.25, 0.3) is 0 Å². The van der Waals surface area contributed by atoms with Gasteiger partial charge in [0.15, 0.2) is 6.04 Å². The number of hydrogen-bond donors (Lipinski definition) is 1. The maximum atomic E-state index is 10.9. The van der Waals surface area contributed by atoms with Gasteiger partial charge in [-0.05, 0) is 24.3 Å². The second-order valence-electron chi connectivity index (χ2n) is 3.72. The normalized spacial score (nSPS) is 20.3. The molecule has 0 amide bonds. The van der Waals surface area contributed by atoms with Gasteiger partial charge in [0.05, 0.1) is 17.9 Å². The van der Waals surface area contributed by atoms with Gasteiger partial charge >= 0.3 is 5.97 Å². The Kier molecular flexibility index (Phi) is 3.84. The average Bonchev–Trinajstić information content (AvgIpc) is 2.86. The molecule has 98 valence electrons. The first-order valence-corrected chi connectivity index (χ1v) is 6.03. The molecule has 1 aromatic rings. The van der Waals surface area contributed by atoms with Gasteiger partial charge in [0.2, 0.25) is 0 Å². The molecule has 2 heterocycles. The van der Waals surface area contributed by atoms with Gasteiger partial charge in [0.25, 0.3) is 0 Å². The number of carboxylic acid groups (broad SMARTS) is 1. The van der Waals surface area contributed by atoms with Gasteiger partial charge in [0.1, 0.15) is 16.4 Å². The molecule has 2 rings (SSSR count). The molecular weight excluding hydrogens is 291 g/mol. The number of halogens is 2. The molecule has 0 aliphatic carbocycles. The van der Waals surface area contributed by atoms with E-state index in [0.717, 1.165) is 0 Å². The number of hydrogen-bond acceptors (Lipinski definition) is 4. The van der Waals surface area contributed by atoms with Crippen LogP contribution < -0.4 is 0 Å². The molecule has 0 bridgehead atoms. The molecule has 5 nitrogen and oxygen atoms in total. The molecule has 1 N–H and O–H groups in total. The first-order valence-electron chi connectivity index (χ1n) is 5.22. The van der Waals surface area contributed by atoms with Crippen LogP contribution in [0.4, 0.5) is 0 Å². The van der Waals surface area contributed by atoms with Crippen LogP contribution in [0.15, 0.2) is 45.7 Å². The lowest BCUT2D eigenvalue weighted by Crippen LogP contribution is -2.34. The summed E-state index contributed by atoms with van der Waals surface area (Å²) in [5, 5.41) is 18.2. The van der Waals surface area contributed by atoms with Crippen LogP contribution in [-0.4, -0.2) is 21.5 Å². The molecule has 2 atom stereocenters. The van der Waals surface area contributed by atoms with Gasteiger partial charge in [-0.25, -0.2) is 4.79 Å². The number of nitrogens with zero attached hydrogens (tertiary/aromatic N) is 2. The van der Waals surface area contributed by atoms with E-state index in [2.05, 4.69) is 0 Å². The van der Waals surface area contributed by atoms with E-state index in [1.54, 1.807) is 12.1 Å². The molecule has 19 heavy (non-hydrogen) atoms. The molecule has 2 unspecified atom stereocenters. The lowest BCUT2D eigenvalue weighted by molar-refractivity contribution is -0.132. The van der Waals surface area contributed by atoms with Crippen molar-refractivity contribution in [2.75, 3.05) is 0 Å². The van der Waals surface area contributed by atoms with Gasteiger partial charge in [-0.3, -0.25) is 0 Å². The fourth-order valence-corrected chi connectivity index (χ4v) is 2.43. The van der Waals surface area contributed by atoms with Gasteiger partial charge in [0, 0.05) is 0 Å². The zero-order valence-electron chi connectivity index (χ0n) is 9.46. The van der Waals surface area contributed by atoms with Crippen molar-refractivity contribution in [3.05, 3.63) is 47.0 Å². The van der Waals surface area contributed by atoms with Crippen LogP contribution in [-0.2, 0) is 4.79 Å². The van der Waals surface area contributed by atoms with Crippen LogP contribution >= 0.6 is 23.2 Å². The summed E-state index contributed by atoms with van der Waals surface area (Å²) in [6.45, 7) is 0. The van der Waals surface area contributed by atoms with Gasteiger partial charge in [-0.2, -0.15) is 5.26 Å². The third kappa shape index (κ3) is 2.60. The van der Waals surface area contributed by atoms with E-state index in [9.17, 15) is 10.1 Å². The molecule has 1 aliphatic heterocycles. The Morgan fingerprint density at radius 3 is 2.84 bits per heavy atom. The van der Waals surface area contributed by atoms with Crippen LogP contribution in [0.5, 0.6) is 0 Å². The van der Waals surface area contributed by atoms with Gasteiger partial charge in [-0.15, -0.1) is 0 Å². The maximum absolute atomic E-state index is 10.9. The predicted octanol–water partition coefficient (Wildman–Crippen LogP) is 2.82. The lowest BCUT2D eigenvalue weighted by Gasteiger charge is -2.32. The van der Waals surface area contributed by atoms with Crippen molar-refractivity contribution in [3.63, 3.8) is 0 Å². The van der Waals surface area contributed by atoms with Crippen molar-refractivity contribution in [2.24, 2.45) is 0 Å². The standard InChI is InChI=1S/C12H8Cl2N2O3/c13-10-4-7(12(17)18)5-11(14)16(10)8(6-15)9-2-1-3-19-9/h1-5,8,10H,(H,17,18). The number of alkyl halides is 1. The molecule has 1 aliphatic rings. The number of nitriles is 1. The molecule has 0 aromatic carbocycles. The quantitative estimate of drug-likeness (QED) is 0.686. The van der Waals surface area contributed by atoms with E-state index < -0.39 is 17.5 Å². The lowest BCUT2D eigenvalue weighted by atomic mass is 10.1. The Hall–Kier alpha value is -1.90. The molecule has 0 radical (unpaired) electrons. The topological polar surface area (TPSA) is 77.5 Å². The average molecular weight is 299 g/mol. The third-order valence-electron chi connectivity index (χ3n) is 2.56. The summed E-state index contributed by atoms with van der Waals surface area (Å²) >= 11 is 12.1. The van der Waals surface area contributed by atoms with Crippen molar-refractivity contribution in [1.82, 2.24) is 4.90 Å². The Morgan fingerprint density at radius 2 is 2.37 bits per heavy atom. The van der Waals surface area contributed by atoms with Crippen molar-refractivity contribution >= 4 is 29.2 Å². The monoisotopic (exact) mass is 298 g/mol. The minimum absolute atomic E-state index is 0.0163. The van der Waals surface area contributed by atoms with Crippen molar-refractivity contribution < 1.29 is 14.3 Å². The fraction of sp³-hybridized carbons (Fsp3) is 0.167. The number of rotatable bonds is 3. The second-order valence-corrected chi connectivity index (χ2v) is 4.56. The van der Waals surface area contributed by atoms with Crippen molar-refractivity contribution in [3.8, 4) is 6.07 Å². The number of furan rings is 1. The van der Waals surface area contributed by atoms with E-state index in [1.165, 1.54) is 23.3 Å². The zero-order chi connectivity index (χ0) is 14.0. The smallest absolute Gasteiger partial charge is 0.335 e. The molecule has 0 spiro atoms. The molecule has 7 heteroatoms. The van der Waals surface area contributed by atoms with Gasteiger partial charge < -0.3 is 14.4 Å². The molecule has 1 aromatic heterocycles. The highest BCUT2D eigenvalue weighted by atomic mass is 35.5. The number of carboxylic acids is 1. The fourth-order valence-electron chi connectivity index (χ4n) is 1.71. The van der Waals surface area contributed by atoms with E-state index in [4.69, 9.17) is 32.7 Å². The Morgan fingerprint density at radius 1 is 1.63 bits per heavy atom. The van der Waals surface area contributed by atoms with Crippen molar-refractivity contribution in [1.29, 1.82) is 5.26 Å². The van der Waals surface area contributed by atoms with Crippen LogP contribution in [0, 0.1) is 11.3 Å². The van der Waals surface area contributed by atoms with Crippen LogP contribution in [0.1, 0.15) is 11.8 Å². The van der Waals surface area contributed by atoms with E-state index >= 15 is 0 Å². The summed E-state index contributed by atoms with van der Waals surface area (Å²) in [5.41, 5.74) is -0.865. The Labute approximate surface area is 118 Å². The molecule has 0 saturated carbocycles. The Balaban J connectivity index is 2.35. The van der Waals surface area contributed by atoms with Crippen LogP contribution in [0.2, 0.25) is 0 Å². The zero-order valence-corrected chi connectivity index (χ0v) is 11.0. The summed E-state index contributed by atoms with van der Waals surface area (Å²) in [5.74, 6) is -0.748. The number of aliphatic carboxylic acids is 1. The third-order valence-corrected chi connectivity index (χ3v) is 3.20. The second kappa shape index (κ2) is 5.39. The minimum Gasteiger partial charge on any atom is -0.478 e. The first-order chi connectivity index (χ1) is 9.04. The van der Waals surface area contributed by atoms with E-state index in [1.807, 2.05) is 6.07 Å². The van der Waals surface area contributed by atoms with Crippen LogP contribution in [0.3, 0.4) is 0 Å². The van der Waals surface area contributed by atoms with E-state index in [-0.39, 0.29) is 10.7 Å². The van der Waals surface area contributed by atoms with E-state index in [0.29, 0.717) is 5.76 Å². The molecule has 0 fully saturated rings. The van der Waals surface area contributed by atoms with Gasteiger partial charge in [-0.1, -0.05) is 23.2 Å². The summed E-state index contributed by atoms with van der Waals surface area (Å²) < 4.78 is 5.17. The highest BCUT2D eigenvalue weighted by Gasteiger charge is 2.32. The summed E-state index contributed by atoms with van der Waals surface area (Å²) in [6.07, 6.45) is 3.99. The molecule has 0 saturated heterocycles. The number of carbonyl (C=O) groups is 1. The summed E-state index contributed by atoms with van der Waals surface area (Å²) in [4.78, 5) is 12.3. The highest BCUT2D eigenvalue weighted by molar-refractivity contribution is 6.31. The predicted molar refractivity (Wildman–Crippen MR) is 68.2 cm³/mol. The van der Waals surface area contributed by atoms with Crippen molar-refractivity contribution in [2.45, 2.75) is 11.5 Å².